The van der Waals surface area contributed by atoms with Crippen LogP contribution in [0.5, 0.6) is 11.5 Å². The maximum atomic E-state index is 9.97. The Kier molecular flexibility index (Phi) is 3.38. The summed E-state index contributed by atoms with van der Waals surface area (Å²) in [4.78, 5) is 0. The van der Waals surface area contributed by atoms with Gasteiger partial charge in [-0.15, -0.1) is 13.2 Å². The molecule has 0 aliphatic carbocycles. The van der Waals surface area contributed by atoms with Crippen molar-refractivity contribution < 1.29 is 10.2 Å². The molecular formula is C16H16O2. The van der Waals surface area contributed by atoms with Crippen molar-refractivity contribution in [3.8, 4) is 11.5 Å². The van der Waals surface area contributed by atoms with Gasteiger partial charge in [0, 0.05) is 5.56 Å². The number of rotatable bonds is 4. The number of hydrogen-bond acceptors (Lipinski definition) is 2. The summed E-state index contributed by atoms with van der Waals surface area (Å²) < 4.78 is 0. The molecule has 2 rings (SSSR count). The largest absolute Gasteiger partial charge is 0.508 e. The van der Waals surface area contributed by atoms with E-state index in [1.807, 2.05) is 12.1 Å². The van der Waals surface area contributed by atoms with Crippen molar-refractivity contribution in [3.05, 3.63) is 60.7 Å². The van der Waals surface area contributed by atoms with Gasteiger partial charge in [0.2, 0.25) is 0 Å². The topological polar surface area (TPSA) is 40.5 Å². The van der Waals surface area contributed by atoms with Crippen LogP contribution in [-0.4, -0.2) is 10.2 Å². The molecule has 0 bridgehead atoms. The third kappa shape index (κ3) is 2.09. The average Bonchev–Trinajstić information content (AvgIpc) is 2.35. The Morgan fingerprint density at radius 2 is 1.67 bits per heavy atom. The molecule has 0 saturated heterocycles. The minimum Gasteiger partial charge on any atom is -0.508 e. The van der Waals surface area contributed by atoms with Gasteiger partial charge in [0.1, 0.15) is 11.5 Å². The van der Waals surface area contributed by atoms with Crippen molar-refractivity contribution in [1.29, 1.82) is 0 Å². The van der Waals surface area contributed by atoms with E-state index in [4.69, 9.17) is 0 Å². The molecule has 0 aliphatic heterocycles. The summed E-state index contributed by atoms with van der Waals surface area (Å²) in [5.41, 5.74) is 1.63. The first-order valence-electron chi connectivity index (χ1n) is 5.85. The van der Waals surface area contributed by atoms with Gasteiger partial charge in [-0.1, -0.05) is 18.2 Å². The maximum absolute atomic E-state index is 9.97. The van der Waals surface area contributed by atoms with Crippen LogP contribution < -0.4 is 0 Å². The van der Waals surface area contributed by atoms with Crippen LogP contribution in [0.15, 0.2) is 49.6 Å². The molecular weight excluding hydrogens is 224 g/mol. The molecule has 0 saturated carbocycles. The van der Waals surface area contributed by atoms with Crippen LogP contribution in [0.2, 0.25) is 0 Å². The van der Waals surface area contributed by atoms with E-state index < -0.39 is 0 Å². The van der Waals surface area contributed by atoms with Crippen LogP contribution in [0.1, 0.15) is 11.1 Å². The zero-order valence-corrected chi connectivity index (χ0v) is 10.2. The third-order valence-electron chi connectivity index (χ3n) is 3.02. The molecule has 2 N–H and O–H groups in total. The van der Waals surface area contributed by atoms with Crippen LogP contribution in [0, 0.1) is 0 Å². The van der Waals surface area contributed by atoms with Crippen molar-refractivity contribution in [2.24, 2.45) is 0 Å². The molecule has 0 fully saturated rings. The predicted molar refractivity (Wildman–Crippen MR) is 75.1 cm³/mol. The van der Waals surface area contributed by atoms with Crippen LogP contribution in [-0.2, 0) is 12.8 Å². The highest BCUT2D eigenvalue weighted by atomic mass is 16.3. The Hall–Kier alpha value is -2.22. The number of phenols is 2. The summed E-state index contributed by atoms with van der Waals surface area (Å²) in [5.74, 6) is 0.469. The number of phenolic OH excluding ortho intramolecular Hbond substituents is 2. The van der Waals surface area contributed by atoms with Crippen molar-refractivity contribution in [2.75, 3.05) is 0 Å². The quantitative estimate of drug-likeness (QED) is 0.800. The van der Waals surface area contributed by atoms with Gasteiger partial charge in [-0.3, -0.25) is 0 Å². The fourth-order valence-electron chi connectivity index (χ4n) is 2.14. The standard InChI is InChI=1S/C16H16O2/c1-3-5-12-9-11-7-8-15(17)13(6-4-2)14(11)10-16(12)18/h3-4,7-10,17-18H,1-2,5-6H2. The molecule has 2 aromatic rings. The van der Waals surface area contributed by atoms with E-state index in [1.165, 1.54) is 0 Å². The highest BCUT2D eigenvalue weighted by molar-refractivity contribution is 5.90. The minimum absolute atomic E-state index is 0.235. The first-order valence-corrected chi connectivity index (χ1v) is 5.85. The van der Waals surface area contributed by atoms with Gasteiger partial charge in [-0.25, -0.2) is 0 Å². The average molecular weight is 240 g/mol. The van der Waals surface area contributed by atoms with E-state index in [9.17, 15) is 10.2 Å². The predicted octanol–water partition coefficient (Wildman–Crippen LogP) is 3.71. The number of aromatic hydroxyl groups is 2. The zero-order valence-electron chi connectivity index (χ0n) is 10.2. The Morgan fingerprint density at radius 3 is 2.33 bits per heavy atom. The number of fused-ring (bicyclic) bond motifs is 1. The molecule has 0 amide bonds. The summed E-state index contributed by atoms with van der Waals surface area (Å²) >= 11 is 0. The highest BCUT2D eigenvalue weighted by Crippen LogP contribution is 2.32. The molecule has 0 atom stereocenters. The first kappa shape index (κ1) is 12.2. The van der Waals surface area contributed by atoms with Crippen molar-refractivity contribution in [3.63, 3.8) is 0 Å². The van der Waals surface area contributed by atoms with Crippen LogP contribution in [0.25, 0.3) is 10.8 Å². The van der Waals surface area contributed by atoms with E-state index in [-0.39, 0.29) is 11.5 Å². The Labute approximate surface area is 107 Å². The lowest BCUT2D eigenvalue weighted by atomic mass is 9.97. The van der Waals surface area contributed by atoms with Crippen LogP contribution >= 0.6 is 0 Å². The molecule has 0 aliphatic rings. The molecule has 2 nitrogen and oxygen atoms in total. The lowest BCUT2D eigenvalue weighted by Crippen LogP contribution is -1.89. The fourth-order valence-corrected chi connectivity index (χ4v) is 2.14. The minimum atomic E-state index is 0.235. The molecule has 92 valence electrons. The van der Waals surface area contributed by atoms with E-state index in [0.717, 1.165) is 21.9 Å². The second-order valence-electron chi connectivity index (χ2n) is 4.25. The van der Waals surface area contributed by atoms with E-state index >= 15 is 0 Å². The van der Waals surface area contributed by atoms with Gasteiger partial charge in [-0.2, -0.15) is 0 Å². The van der Waals surface area contributed by atoms with Crippen molar-refractivity contribution in [2.45, 2.75) is 12.8 Å². The van der Waals surface area contributed by atoms with E-state index in [2.05, 4.69) is 13.2 Å². The first-order chi connectivity index (χ1) is 8.67. The molecule has 2 aromatic carbocycles. The normalized spacial score (nSPS) is 10.4. The number of allylic oxidation sites excluding steroid dienone is 2. The molecule has 18 heavy (non-hydrogen) atoms. The lowest BCUT2D eigenvalue weighted by Gasteiger charge is -2.10. The zero-order chi connectivity index (χ0) is 13.1. The van der Waals surface area contributed by atoms with Crippen molar-refractivity contribution >= 4 is 10.8 Å². The smallest absolute Gasteiger partial charge is 0.119 e. The summed E-state index contributed by atoms with van der Waals surface area (Å²) in [6.07, 6.45) is 4.69. The second kappa shape index (κ2) is 4.96. The molecule has 0 heterocycles. The second-order valence-corrected chi connectivity index (χ2v) is 4.25. The Balaban J connectivity index is 2.70. The van der Waals surface area contributed by atoms with Gasteiger partial charge < -0.3 is 10.2 Å². The van der Waals surface area contributed by atoms with Gasteiger partial charge in [0.15, 0.2) is 0 Å². The monoisotopic (exact) mass is 240 g/mol. The van der Waals surface area contributed by atoms with Crippen molar-refractivity contribution in [1.82, 2.24) is 0 Å². The van der Waals surface area contributed by atoms with E-state index in [1.54, 1.807) is 24.3 Å². The third-order valence-corrected chi connectivity index (χ3v) is 3.02. The number of hydrogen-bond donors (Lipinski definition) is 2. The summed E-state index contributed by atoms with van der Waals surface area (Å²) in [5, 5.41) is 21.7. The van der Waals surface area contributed by atoms with E-state index in [0.29, 0.717) is 12.8 Å². The molecule has 2 heteroatoms. The van der Waals surface area contributed by atoms with Gasteiger partial charge in [0.25, 0.3) is 0 Å². The Morgan fingerprint density at radius 1 is 0.944 bits per heavy atom. The van der Waals surface area contributed by atoms with Crippen LogP contribution in [0.3, 0.4) is 0 Å². The molecule has 0 unspecified atom stereocenters. The number of benzene rings is 2. The van der Waals surface area contributed by atoms with Gasteiger partial charge in [-0.05, 0) is 47.4 Å². The summed E-state index contributed by atoms with van der Waals surface area (Å²) in [7, 11) is 0. The summed E-state index contributed by atoms with van der Waals surface area (Å²) in [6, 6.07) is 7.16. The van der Waals surface area contributed by atoms with Crippen LogP contribution in [0.4, 0.5) is 0 Å². The summed E-state index contributed by atoms with van der Waals surface area (Å²) in [6.45, 7) is 7.36. The van der Waals surface area contributed by atoms with Gasteiger partial charge in [0.05, 0.1) is 0 Å². The molecule has 0 spiro atoms. The fraction of sp³-hybridized carbons (Fsp3) is 0.125. The highest BCUT2D eigenvalue weighted by Gasteiger charge is 2.09. The van der Waals surface area contributed by atoms with Gasteiger partial charge >= 0.3 is 0 Å². The molecule has 0 aromatic heterocycles. The maximum Gasteiger partial charge on any atom is 0.119 e. The SMILES string of the molecule is C=CCc1cc2ccc(O)c(CC=C)c2cc1O. The Bertz CT molecular complexity index is 612. The molecule has 0 radical (unpaired) electrons. The lowest BCUT2D eigenvalue weighted by molar-refractivity contribution is 0.468.